The Balaban J connectivity index is 1.78. The minimum Gasteiger partial charge on any atom is -0.309 e. The number of amides is 1. The second-order valence-corrected chi connectivity index (χ2v) is 8.23. The van der Waals surface area contributed by atoms with Crippen molar-refractivity contribution in [2.45, 2.75) is 44.8 Å². The summed E-state index contributed by atoms with van der Waals surface area (Å²) in [4.78, 5) is 16.8. The predicted molar refractivity (Wildman–Crippen MR) is 117 cm³/mol. The first-order valence-electron chi connectivity index (χ1n) is 9.71. The van der Waals surface area contributed by atoms with Crippen LogP contribution >= 0.6 is 23.2 Å². The number of para-hydroxylation sites is 1. The van der Waals surface area contributed by atoms with E-state index in [1.807, 2.05) is 67.3 Å². The molecule has 3 rings (SSSR count). The first kappa shape index (κ1) is 21.1. The van der Waals surface area contributed by atoms with Crippen molar-refractivity contribution in [3.05, 3.63) is 64.1 Å². The van der Waals surface area contributed by atoms with Gasteiger partial charge in [-0.2, -0.15) is 0 Å². The third-order valence-electron chi connectivity index (χ3n) is 5.56. The molecule has 1 unspecified atom stereocenters. The number of hydrogen-bond acceptors (Lipinski definition) is 3. The van der Waals surface area contributed by atoms with E-state index in [1.165, 1.54) is 0 Å². The van der Waals surface area contributed by atoms with Crippen LogP contribution in [0.4, 0.5) is 5.69 Å². The van der Waals surface area contributed by atoms with Gasteiger partial charge in [0, 0.05) is 46.8 Å². The van der Waals surface area contributed by atoms with Crippen LogP contribution < -0.4 is 10.6 Å². The van der Waals surface area contributed by atoms with Crippen molar-refractivity contribution in [1.29, 1.82) is 0 Å². The number of carbonyl (C=O) groups excluding carboxylic acids is 1. The molecule has 1 aliphatic rings. The third kappa shape index (κ3) is 4.20. The number of nitrogens with zero attached hydrogens (tertiary/aromatic N) is 2. The number of piperidine rings is 1. The fraction of sp³-hybridized carbons (Fsp3) is 0.409. The van der Waals surface area contributed by atoms with Crippen LogP contribution in [0.15, 0.2) is 48.5 Å². The lowest BCUT2D eigenvalue weighted by Crippen LogP contribution is -2.57. The zero-order valence-corrected chi connectivity index (χ0v) is 17.9. The SMILES string of the molecule is CCC(=O)N(c1ccccc1)C1CCN(C(C)(N)c2c(Cl)cccc2Cl)CC1. The third-order valence-corrected chi connectivity index (χ3v) is 6.19. The average Bonchev–Trinajstić information content (AvgIpc) is 2.69. The molecule has 28 heavy (non-hydrogen) atoms. The maximum absolute atomic E-state index is 12.7. The highest BCUT2D eigenvalue weighted by Crippen LogP contribution is 2.37. The minimum atomic E-state index is -0.771. The van der Waals surface area contributed by atoms with E-state index < -0.39 is 5.66 Å². The number of rotatable bonds is 5. The first-order valence-corrected chi connectivity index (χ1v) is 10.5. The number of anilines is 1. The molecule has 4 nitrogen and oxygen atoms in total. The summed E-state index contributed by atoms with van der Waals surface area (Å²) in [6.45, 7) is 5.38. The van der Waals surface area contributed by atoms with Crippen molar-refractivity contribution in [3.8, 4) is 0 Å². The molecule has 0 spiro atoms. The van der Waals surface area contributed by atoms with E-state index in [0.29, 0.717) is 16.5 Å². The Morgan fingerprint density at radius 3 is 2.21 bits per heavy atom. The Hall–Kier alpha value is -1.59. The zero-order valence-electron chi connectivity index (χ0n) is 16.4. The van der Waals surface area contributed by atoms with E-state index in [1.54, 1.807) is 0 Å². The highest BCUT2D eigenvalue weighted by atomic mass is 35.5. The van der Waals surface area contributed by atoms with Gasteiger partial charge in [0.15, 0.2) is 0 Å². The van der Waals surface area contributed by atoms with Crippen LogP contribution in [0.25, 0.3) is 0 Å². The molecule has 1 heterocycles. The summed E-state index contributed by atoms with van der Waals surface area (Å²) >= 11 is 12.8. The number of benzene rings is 2. The van der Waals surface area contributed by atoms with Crippen molar-refractivity contribution in [2.75, 3.05) is 18.0 Å². The maximum atomic E-state index is 12.7. The number of likely N-dealkylation sites (tertiary alicyclic amines) is 1. The lowest BCUT2D eigenvalue weighted by molar-refractivity contribution is -0.119. The average molecular weight is 420 g/mol. The Kier molecular flexibility index (Phi) is 6.66. The van der Waals surface area contributed by atoms with Crippen molar-refractivity contribution >= 4 is 34.8 Å². The van der Waals surface area contributed by atoms with E-state index in [2.05, 4.69) is 4.90 Å². The van der Waals surface area contributed by atoms with Crippen LogP contribution in [-0.2, 0) is 10.5 Å². The quantitative estimate of drug-likeness (QED) is 0.738. The van der Waals surface area contributed by atoms with Gasteiger partial charge >= 0.3 is 0 Å². The minimum absolute atomic E-state index is 0.148. The van der Waals surface area contributed by atoms with Crippen molar-refractivity contribution in [2.24, 2.45) is 5.73 Å². The topological polar surface area (TPSA) is 49.6 Å². The molecule has 0 saturated carbocycles. The second-order valence-electron chi connectivity index (χ2n) is 7.42. The Morgan fingerprint density at radius 1 is 1.11 bits per heavy atom. The summed E-state index contributed by atoms with van der Waals surface area (Å²) in [7, 11) is 0. The zero-order chi connectivity index (χ0) is 20.3. The molecule has 1 amide bonds. The molecule has 150 valence electrons. The number of carbonyl (C=O) groups is 1. The smallest absolute Gasteiger partial charge is 0.226 e. The summed E-state index contributed by atoms with van der Waals surface area (Å²) in [5.74, 6) is 0.148. The molecule has 2 aromatic rings. The van der Waals surface area contributed by atoms with Crippen LogP contribution in [0, 0.1) is 0 Å². The predicted octanol–water partition coefficient (Wildman–Crippen LogP) is 5.03. The van der Waals surface area contributed by atoms with Gasteiger partial charge in [-0.05, 0) is 44.0 Å². The molecule has 2 N–H and O–H groups in total. The van der Waals surface area contributed by atoms with Crippen LogP contribution in [-0.4, -0.2) is 29.9 Å². The van der Waals surface area contributed by atoms with E-state index in [9.17, 15) is 4.79 Å². The normalized spacial score (nSPS) is 17.9. The molecule has 1 saturated heterocycles. The molecule has 2 aromatic carbocycles. The van der Waals surface area contributed by atoms with E-state index in [-0.39, 0.29) is 11.9 Å². The van der Waals surface area contributed by atoms with Gasteiger partial charge in [-0.25, -0.2) is 0 Å². The summed E-state index contributed by atoms with van der Waals surface area (Å²) < 4.78 is 0. The molecule has 6 heteroatoms. The molecular weight excluding hydrogens is 393 g/mol. The fourth-order valence-electron chi connectivity index (χ4n) is 4.05. The fourth-order valence-corrected chi connectivity index (χ4v) is 4.83. The standard InChI is InChI=1S/C22H27Cl2N3O/c1-3-20(28)27(16-8-5-4-6-9-16)17-12-14-26(15-13-17)22(2,25)21-18(23)10-7-11-19(21)24/h4-11,17H,3,12-15,25H2,1-2H3. The Labute approximate surface area is 177 Å². The molecule has 0 bridgehead atoms. The molecule has 0 radical (unpaired) electrons. The molecule has 1 aliphatic heterocycles. The summed E-state index contributed by atoms with van der Waals surface area (Å²) in [5.41, 5.74) is 7.65. The van der Waals surface area contributed by atoms with Crippen LogP contribution in [0.1, 0.15) is 38.7 Å². The van der Waals surface area contributed by atoms with E-state index in [4.69, 9.17) is 28.9 Å². The van der Waals surface area contributed by atoms with Gasteiger partial charge in [-0.15, -0.1) is 0 Å². The Morgan fingerprint density at radius 2 is 1.68 bits per heavy atom. The van der Waals surface area contributed by atoms with Gasteiger partial charge in [0.2, 0.25) is 5.91 Å². The van der Waals surface area contributed by atoms with Crippen LogP contribution in [0.2, 0.25) is 10.0 Å². The van der Waals surface area contributed by atoms with E-state index >= 15 is 0 Å². The lowest BCUT2D eigenvalue weighted by Gasteiger charge is -2.45. The summed E-state index contributed by atoms with van der Waals surface area (Å²) in [6.07, 6.45) is 2.17. The van der Waals surface area contributed by atoms with Gasteiger partial charge < -0.3 is 10.6 Å². The lowest BCUT2D eigenvalue weighted by atomic mass is 9.94. The van der Waals surface area contributed by atoms with Crippen molar-refractivity contribution in [3.63, 3.8) is 0 Å². The first-order chi connectivity index (χ1) is 13.4. The van der Waals surface area contributed by atoms with Gasteiger partial charge in [0.05, 0.1) is 5.66 Å². The maximum Gasteiger partial charge on any atom is 0.226 e. The molecular formula is C22H27Cl2N3O. The monoisotopic (exact) mass is 419 g/mol. The van der Waals surface area contributed by atoms with Gasteiger partial charge in [-0.3, -0.25) is 9.69 Å². The number of nitrogens with two attached hydrogens (primary N) is 1. The molecule has 1 fully saturated rings. The van der Waals surface area contributed by atoms with E-state index in [0.717, 1.165) is 37.2 Å². The molecule has 0 aromatic heterocycles. The largest absolute Gasteiger partial charge is 0.309 e. The van der Waals surface area contributed by atoms with Gasteiger partial charge in [0.1, 0.15) is 0 Å². The summed E-state index contributed by atoms with van der Waals surface area (Å²) in [5, 5.41) is 1.15. The molecule has 0 aliphatic carbocycles. The summed E-state index contributed by atoms with van der Waals surface area (Å²) in [6, 6.07) is 15.5. The van der Waals surface area contributed by atoms with Crippen LogP contribution in [0.5, 0.6) is 0 Å². The Bertz CT molecular complexity index is 798. The number of halogens is 2. The highest BCUT2D eigenvalue weighted by Gasteiger charge is 2.37. The van der Waals surface area contributed by atoms with Crippen molar-refractivity contribution < 1.29 is 4.79 Å². The number of hydrogen-bond donors (Lipinski definition) is 1. The molecule has 1 atom stereocenters. The van der Waals surface area contributed by atoms with Gasteiger partial charge in [-0.1, -0.05) is 54.4 Å². The van der Waals surface area contributed by atoms with Crippen molar-refractivity contribution in [1.82, 2.24) is 4.90 Å². The van der Waals surface area contributed by atoms with Crippen LogP contribution in [0.3, 0.4) is 0 Å². The van der Waals surface area contributed by atoms with Gasteiger partial charge in [0.25, 0.3) is 0 Å². The highest BCUT2D eigenvalue weighted by molar-refractivity contribution is 6.36. The second kappa shape index (κ2) is 8.83.